The first kappa shape index (κ1) is 15.6. The Morgan fingerprint density at radius 1 is 1.26 bits per heavy atom. The minimum absolute atomic E-state index is 0.246. The molecule has 1 heterocycles. The Morgan fingerprint density at radius 3 is 2.63 bits per heavy atom. The van der Waals surface area contributed by atoms with Gasteiger partial charge in [-0.1, -0.05) is 37.8 Å². The summed E-state index contributed by atoms with van der Waals surface area (Å²) in [5.41, 5.74) is 6.58. The van der Waals surface area contributed by atoms with Crippen molar-refractivity contribution >= 4 is 5.97 Å². The van der Waals surface area contributed by atoms with E-state index in [0.717, 1.165) is 19.4 Å². The van der Waals surface area contributed by atoms with Gasteiger partial charge in [-0.3, -0.25) is 0 Å². The number of hydrogen-bond donors (Lipinski definition) is 1. The molecule has 0 saturated carbocycles. The van der Waals surface area contributed by atoms with E-state index in [4.69, 9.17) is 10.5 Å². The van der Waals surface area contributed by atoms with Crippen LogP contribution in [0.25, 0.3) is 0 Å². The Bertz CT molecular complexity index is 390. The van der Waals surface area contributed by atoms with Gasteiger partial charge in [-0.15, -0.1) is 5.10 Å². The Hall–Kier alpha value is -1.43. The van der Waals surface area contributed by atoms with E-state index in [1.54, 1.807) is 11.6 Å². The van der Waals surface area contributed by atoms with E-state index in [0.29, 0.717) is 12.3 Å². The van der Waals surface area contributed by atoms with E-state index < -0.39 is 5.97 Å². The highest BCUT2D eigenvalue weighted by atomic mass is 16.5. The van der Waals surface area contributed by atoms with Gasteiger partial charge >= 0.3 is 5.97 Å². The molecule has 2 N–H and O–H groups in total. The molecule has 0 aromatic carbocycles. The van der Waals surface area contributed by atoms with Gasteiger partial charge in [-0.05, 0) is 13.3 Å². The molecular weight excluding hydrogens is 244 g/mol. The molecule has 0 radical (unpaired) electrons. The lowest BCUT2D eigenvalue weighted by atomic mass is 10.1. The second-order valence-corrected chi connectivity index (χ2v) is 4.45. The standard InChI is InChI=1S/C13H24N4O2/c1-3-5-6-7-8-9-17-11(10-14)12(15-16-17)13(18)19-4-2/h3-10,14H2,1-2H3. The molecule has 0 aliphatic rings. The van der Waals surface area contributed by atoms with Gasteiger partial charge in [-0.2, -0.15) is 0 Å². The molecule has 19 heavy (non-hydrogen) atoms. The molecule has 1 aromatic heterocycles. The van der Waals surface area contributed by atoms with Crippen LogP contribution in [-0.4, -0.2) is 27.6 Å². The smallest absolute Gasteiger partial charge is 0.360 e. The van der Waals surface area contributed by atoms with Crippen LogP contribution in [0.5, 0.6) is 0 Å². The van der Waals surface area contributed by atoms with Crippen LogP contribution in [0.4, 0.5) is 0 Å². The molecule has 6 heteroatoms. The summed E-state index contributed by atoms with van der Waals surface area (Å²) in [6.07, 6.45) is 5.90. The number of nitrogens with two attached hydrogens (primary N) is 1. The highest BCUT2D eigenvalue weighted by Gasteiger charge is 2.19. The topological polar surface area (TPSA) is 83.0 Å². The number of hydrogen-bond acceptors (Lipinski definition) is 5. The van der Waals surface area contributed by atoms with Crippen molar-refractivity contribution in [2.24, 2.45) is 5.73 Å². The van der Waals surface area contributed by atoms with Crippen LogP contribution in [0.3, 0.4) is 0 Å². The molecule has 6 nitrogen and oxygen atoms in total. The number of carbonyl (C=O) groups excluding carboxylic acids is 1. The number of aryl methyl sites for hydroxylation is 1. The second-order valence-electron chi connectivity index (χ2n) is 4.45. The molecule has 1 rings (SSSR count). The van der Waals surface area contributed by atoms with Crippen LogP contribution >= 0.6 is 0 Å². The summed E-state index contributed by atoms with van der Waals surface area (Å²) in [4.78, 5) is 11.7. The Balaban J connectivity index is 2.56. The summed E-state index contributed by atoms with van der Waals surface area (Å²) in [5.74, 6) is -0.444. The first-order valence-corrected chi connectivity index (χ1v) is 7.04. The molecule has 0 bridgehead atoms. The van der Waals surface area contributed by atoms with Crippen molar-refractivity contribution in [3.8, 4) is 0 Å². The van der Waals surface area contributed by atoms with Crippen LogP contribution in [0, 0.1) is 0 Å². The number of ether oxygens (including phenoxy) is 1. The second kappa shape index (κ2) is 8.63. The molecule has 0 aliphatic carbocycles. The highest BCUT2D eigenvalue weighted by Crippen LogP contribution is 2.09. The first-order chi connectivity index (χ1) is 9.24. The maximum atomic E-state index is 11.7. The van der Waals surface area contributed by atoms with Crippen molar-refractivity contribution in [3.63, 3.8) is 0 Å². The largest absolute Gasteiger partial charge is 0.461 e. The van der Waals surface area contributed by atoms with E-state index in [1.807, 2.05) is 0 Å². The average molecular weight is 268 g/mol. The summed E-state index contributed by atoms with van der Waals surface area (Å²) in [5, 5.41) is 7.87. The van der Waals surface area contributed by atoms with Gasteiger partial charge in [0.1, 0.15) is 0 Å². The molecule has 1 aromatic rings. The highest BCUT2D eigenvalue weighted by molar-refractivity contribution is 5.88. The fourth-order valence-corrected chi connectivity index (χ4v) is 1.94. The number of rotatable bonds is 9. The molecule has 0 atom stereocenters. The molecule has 0 fully saturated rings. The van der Waals surface area contributed by atoms with Crippen molar-refractivity contribution in [1.82, 2.24) is 15.0 Å². The Morgan fingerprint density at radius 2 is 2.00 bits per heavy atom. The van der Waals surface area contributed by atoms with Crippen LogP contribution < -0.4 is 5.73 Å². The van der Waals surface area contributed by atoms with Gasteiger partial charge in [0.25, 0.3) is 0 Å². The summed E-state index contributed by atoms with van der Waals surface area (Å²) in [7, 11) is 0. The normalized spacial score (nSPS) is 10.7. The fourth-order valence-electron chi connectivity index (χ4n) is 1.94. The van der Waals surface area contributed by atoms with Crippen molar-refractivity contribution in [2.45, 2.75) is 59.0 Å². The van der Waals surface area contributed by atoms with Crippen LogP contribution in [0.2, 0.25) is 0 Å². The van der Waals surface area contributed by atoms with E-state index in [2.05, 4.69) is 17.2 Å². The number of aromatic nitrogens is 3. The number of esters is 1. The van der Waals surface area contributed by atoms with E-state index in [-0.39, 0.29) is 12.2 Å². The lowest BCUT2D eigenvalue weighted by Gasteiger charge is -2.05. The predicted molar refractivity (Wildman–Crippen MR) is 72.6 cm³/mol. The van der Waals surface area contributed by atoms with E-state index >= 15 is 0 Å². The zero-order chi connectivity index (χ0) is 14.1. The summed E-state index contributed by atoms with van der Waals surface area (Å²) in [6.45, 7) is 5.28. The van der Waals surface area contributed by atoms with Crippen molar-refractivity contribution < 1.29 is 9.53 Å². The summed E-state index contributed by atoms with van der Waals surface area (Å²) < 4.78 is 6.65. The molecule has 0 unspecified atom stereocenters. The maximum absolute atomic E-state index is 11.7. The number of carbonyl (C=O) groups is 1. The minimum atomic E-state index is -0.444. The third kappa shape index (κ3) is 4.63. The summed E-state index contributed by atoms with van der Waals surface area (Å²) >= 11 is 0. The van der Waals surface area contributed by atoms with Gasteiger partial charge in [0.15, 0.2) is 5.69 Å². The van der Waals surface area contributed by atoms with Crippen LogP contribution in [-0.2, 0) is 17.8 Å². The fraction of sp³-hybridized carbons (Fsp3) is 0.769. The number of unbranched alkanes of at least 4 members (excludes halogenated alkanes) is 4. The zero-order valence-electron chi connectivity index (χ0n) is 11.9. The predicted octanol–water partition coefficient (Wildman–Crippen LogP) is 1.88. The van der Waals surface area contributed by atoms with Crippen LogP contribution in [0.15, 0.2) is 0 Å². The van der Waals surface area contributed by atoms with Gasteiger partial charge in [-0.25, -0.2) is 9.48 Å². The van der Waals surface area contributed by atoms with Gasteiger partial charge in [0.05, 0.1) is 12.3 Å². The molecular formula is C13H24N4O2. The van der Waals surface area contributed by atoms with Crippen molar-refractivity contribution in [2.75, 3.05) is 6.61 Å². The monoisotopic (exact) mass is 268 g/mol. The quantitative estimate of drug-likeness (QED) is 0.546. The third-order valence-corrected chi connectivity index (χ3v) is 2.97. The molecule has 0 aliphatic heterocycles. The third-order valence-electron chi connectivity index (χ3n) is 2.97. The molecule has 0 spiro atoms. The lowest BCUT2D eigenvalue weighted by Crippen LogP contribution is -2.14. The van der Waals surface area contributed by atoms with E-state index in [1.165, 1.54) is 19.3 Å². The zero-order valence-corrected chi connectivity index (χ0v) is 11.9. The minimum Gasteiger partial charge on any atom is -0.461 e. The van der Waals surface area contributed by atoms with Crippen molar-refractivity contribution in [3.05, 3.63) is 11.4 Å². The molecule has 0 saturated heterocycles. The first-order valence-electron chi connectivity index (χ1n) is 7.04. The molecule has 0 amide bonds. The van der Waals surface area contributed by atoms with Crippen LogP contribution in [0.1, 0.15) is 62.1 Å². The SMILES string of the molecule is CCCCCCCn1nnc(C(=O)OCC)c1CN. The number of nitrogens with zero attached hydrogens (tertiary/aromatic N) is 3. The Kier molecular flexibility index (Phi) is 7.10. The summed E-state index contributed by atoms with van der Waals surface area (Å²) in [6, 6.07) is 0. The van der Waals surface area contributed by atoms with E-state index in [9.17, 15) is 4.79 Å². The Labute approximate surface area is 114 Å². The molecule has 108 valence electrons. The average Bonchev–Trinajstić information content (AvgIpc) is 2.81. The van der Waals surface area contributed by atoms with Gasteiger partial charge in [0, 0.05) is 13.1 Å². The maximum Gasteiger partial charge on any atom is 0.360 e. The van der Waals surface area contributed by atoms with Gasteiger partial charge < -0.3 is 10.5 Å². The van der Waals surface area contributed by atoms with Gasteiger partial charge in [0.2, 0.25) is 0 Å². The van der Waals surface area contributed by atoms with Crippen molar-refractivity contribution in [1.29, 1.82) is 0 Å². The lowest BCUT2D eigenvalue weighted by molar-refractivity contribution is 0.0518.